The molecule has 3 N–H and O–H groups in total. The predicted octanol–water partition coefficient (Wildman–Crippen LogP) is 2.38. The standard InChI is InChI=1S/C22H26N6O9S/c1-2-3-8-23-22(30)25-38(35,36)17-6-4-16(5-7-17)24-21(29)15-13-18(27(31)32)20(19(14-15)28(33)34)26-9-11-37-12-10-26/h4-7,13-14H,2-3,8-12H2,1H3,(H,24,29)(H2,23,25,30). The van der Waals surface area contributed by atoms with Gasteiger partial charge >= 0.3 is 6.03 Å². The first-order valence-electron chi connectivity index (χ1n) is 11.5. The van der Waals surface area contributed by atoms with E-state index in [2.05, 4.69) is 10.6 Å². The number of unbranched alkanes of at least 4 members (excludes halogenated alkanes) is 1. The molecular formula is C22H26N6O9S. The normalized spacial score (nSPS) is 13.4. The van der Waals surface area contributed by atoms with E-state index in [-0.39, 0.29) is 48.1 Å². The monoisotopic (exact) mass is 550 g/mol. The van der Waals surface area contributed by atoms with Gasteiger partial charge in [0.15, 0.2) is 5.69 Å². The summed E-state index contributed by atoms with van der Waals surface area (Å²) in [7, 11) is -4.18. The van der Waals surface area contributed by atoms with Gasteiger partial charge in [-0.15, -0.1) is 0 Å². The van der Waals surface area contributed by atoms with Crippen molar-refractivity contribution in [2.75, 3.05) is 43.1 Å². The zero-order valence-corrected chi connectivity index (χ0v) is 21.2. The zero-order valence-electron chi connectivity index (χ0n) is 20.3. The number of anilines is 2. The molecule has 0 radical (unpaired) electrons. The molecule has 3 amide bonds. The number of rotatable bonds is 10. The maximum atomic E-state index is 12.8. The van der Waals surface area contributed by atoms with Crippen LogP contribution in [-0.4, -0.2) is 63.1 Å². The van der Waals surface area contributed by atoms with Gasteiger partial charge in [0, 0.05) is 37.5 Å². The molecule has 1 aliphatic rings. The van der Waals surface area contributed by atoms with E-state index in [1.165, 1.54) is 17.0 Å². The van der Waals surface area contributed by atoms with Gasteiger partial charge in [-0.05, 0) is 30.7 Å². The van der Waals surface area contributed by atoms with Crippen molar-refractivity contribution >= 4 is 44.7 Å². The number of benzene rings is 2. The average molecular weight is 551 g/mol. The SMILES string of the molecule is CCCCNC(=O)NS(=O)(=O)c1ccc(NC(=O)c2cc([N+](=O)[O-])c(N3CCOCC3)c([N+](=O)[O-])c2)cc1. The Labute approximate surface area is 217 Å². The van der Waals surface area contributed by atoms with Crippen LogP contribution in [0.5, 0.6) is 0 Å². The Morgan fingerprint density at radius 2 is 1.61 bits per heavy atom. The number of nitro groups is 2. The second-order valence-corrected chi connectivity index (χ2v) is 9.85. The molecule has 2 aromatic rings. The number of nitrogens with zero attached hydrogens (tertiary/aromatic N) is 3. The topological polar surface area (TPSA) is 203 Å². The second kappa shape index (κ2) is 12.3. The van der Waals surface area contributed by atoms with Crippen LogP contribution in [0.2, 0.25) is 0 Å². The molecule has 1 heterocycles. The van der Waals surface area contributed by atoms with Gasteiger partial charge in [-0.25, -0.2) is 17.9 Å². The number of nitro benzene ring substituents is 2. The van der Waals surface area contributed by atoms with Crippen LogP contribution in [0, 0.1) is 20.2 Å². The van der Waals surface area contributed by atoms with Gasteiger partial charge in [-0.1, -0.05) is 13.3 Å². The third-order valence-electron chi connectivity index (χ3n) is 5.52. The highest BCUT2D eigenvalue weighted by atomic mass is 32.2. The molecule has 0 aromatic heterocycles. The number of hydrogen-bond donors (Lipinski definition) is 3. The summed E-state index contributed by atoms with van der Waals surface area (Å²) in [5, 5.41) is 28.4. The van der Waals surface area contributed by atoms with Gasteiger partial charge in [0.25, 0.3) is 27.3 Å². The molecule has 1 saturated heterocycles. The Balaban J connectivity index is 1.81. The van der Waals surface area contributed by atoms with E-state index in [1.807, 2.05) is 11.6 Å². The summed E-state index contributed by atoms with van der Waals surface area (Å²) in [5.74, 6) is -0.881. The lowest BCUT2D eigenvalue weighted by Gasteiger charge is -2.28. The summed E-state index contributed by atoms with van der Waals surface area (Å²) >= 11 is 0. The minimum atomic E-state index is -4.18. The Kier molecular flexibility index (Phi) is 9.14. The molecule has 1 aliphatic heterocycles. The van der Waals surface area contributed by atoms with Gasteiger partial charge in [0.05, 0.1) is 33.5 Å². The lowest BCUT2D eigenvalue weighted by molar-refractivity contribution is -0.392. The molecule has 0 bridgehead atoms. The maximum Gasteiger partial charge on any atom is 0.328 e. The van der Waals surface area contributed by atoms with E-state index in [4.69, 9.17) is 4.74 Å². The zero-order chi connectivity index (χ0) is 27.9. The van der Waals surface area contributed by atoms with E-state index < -0.39 is 43.2 Å². The first-order chi connectivity index (χ1) is 18.0. The number of carbonyl (C=O) groups excluding carboxylic acids is 2. The molecule has 0 spiro atoms. The van der Waals surface area contributed by atoms with E-state index >= 15 is 0 Å². The largest absolute Gasteiger partial charge is 0.378 e. The Morgan fingerprint density at radius 3 is 2.13 bits per heavy atom. The molecule has 0 saturated carbocycles. The van der Waals surface area contributed by atoms with Crippen molar-refractivity contribution < 1.29 is 32.6 Å². The van der Waals surface area contributed by atoms with Crippen molar-refractivity contribution in [3.63, 3.8) is 0 Å². The number of urea groups is 1. The van der Waals surface area contributed by atoms with Crippen molar-refractivity contribution in [3.8, 4) is 0 Å². The molecule has 0 unspecified atom stereocenters. The quantitative estimate of drug-likeness (QED) is 0.224. The molecule has 1 fully saturated rings. The fourth-order valence-electron chi connectivity index (χ4n) is 3.64. The fraction of sp³-hybridized carbons (Fsp3) is 0.364. The van der Waals surface area contributed by atoms with Crippen molar-refractivity contribution in [1.82, 2.24) is 10.0 Å². The maximum absolute atomic E-state index is 12.8. The fourth-order valence-corrected chi connectivity index (χ4v) is 4.57. The number of ether oxygens (including phenoxy) is 1. The molecule has 0 aliphatic carbocycles. The van der Waals surface area contributed by atoms with Gasteiger partial charge < -0.3 is 20.3 Å². The summed E-state index contributed by atoms with van der Waals surface area (Å²) in [6.07, 6.45) is 1.50. The highest BCUT2D eigenvalue weighted by Gasteiger charge is 2.33. The van der Waals surface area contributed by atoms with Crippen molar-refractivity contribution in [1.29, 1.82) is 0 Å². The number of nitrogens with one attached hydrogen (secondary N) is 3. The molecule has 15 nitrogen and oxygen atoms in total. The minimum Gasteiger partial charge on any atom is -0.378 e. The van der Waals surface area contributed by atoms with Crippen LogP contribution < -0.4 is 20.3 Å². The first kappa shape index (κ1) is 28.3. The van der Waals surface area contributed by atoms with Crippen molar-refractivity contribution in [2.45, 2.75) is 24.7 Å². The molecule has 38 heavy (non-hydrogen) atoms. The van der Waals surface area contributed by atoms with Gasteiger partial charge in [-0.3, -0.25) is 25.0 Å². The van der Waals surface area contributed by atoms with Crippen LogP contribution in [0.4, 0.5) is 27.5 Å². The summed E-state index contributed by atoms with van der Waals surface area (Å²) < 4.78 is 31.9. The molecule has 0 atom stereocenters. The van der Waals surface area contributed by atoms with E-state index in [0.29, 0.717) is 13.0 Å². The van der Waals surface area contributed by atoms with Crippen molar-refractivity contribution in [2.24, 2.45) is 0 Å². The third kappa shape index (κ3) is 6.92. The minimum absolute atomic E-state index is 0.115. The predicted molar refractivity (Wildman–Crippen MR) is 136 cm³/mol. The highest BCUT2D eigenvalue weighted by Crippen LogP contribution is 2.39. The Bertz CT molecular complexity index is 1290. The van der Waals surface area contributed by atoms with Crippen LogP contribution in [0.1, 0.15) is 30.1 Å². The molecule has 3 rings (SSSR count). The summed E-state index contributed by atoms with van der Waals surface area (Å²) in [4.78, 5) is 47.8. The Hall–Kier alpha value is -4.31. The van der Waals surface area contributed by atoms with Crippen LogP contribution >= 0.6 is 0 Å². The number of carbonyl (C=O) groups is 2. The third-order valence-corrected chi connectivity index (χ3v) is 6.86. The second-order valence-electron chi connectivity index (χ2n) is 8.17. The molecule has 204 valence electrons. The van der Waals surface area contributed by atoms with Crippen LogP contribution in [0.3, 0.4) is 0 Å². The highest BCUT2D eigenvalue weighted by molar-refractivity contribution is 7.90. The van der Waals surface area contributed by atoms with Crippen LogP contribution in [0.25, 0.3) is 0 Å². The number of sulfonamides is 1. The number of amides is 3. The molecule has 2 aromatic carbocycles. The lowest BCUT2D eigenvalue weighted by atomic mass is 10.1. The van der Waals surface area contributed by atoms with E-state index in [1.54, 1.807) is 0 Å². The lowest BCUT2D eigenvalue weighted by Crippen LogP contribution is -2.39. The van der Waals surface area contributed by atoms with Gasteiger partial charge in [-0.2, -0.15) is 0 Å². The van der Waals surface area contributed by atoms with Crippen molar-refractivity contribution in [3.05, 3.63) is 62.2 Å². The first-order valence-corrected chi connectivity index (χ1v) is 13.0. The number of morpholine rings is 1. The average Bonchev–Trinajstić information content (AvgIpc) is 2.88. The Morgan fingerprint density at radius 1 is 1.03 bits per heavy atom. The summed E-state index contributed by atoms with van der Waals surface area (Å²) in [5.41, 5.74) is -1.63. The molecule has 16 heteroatoms. The van der Waals surface area contributed by atoms with Crippen LogP contribution in [-0.2, 0) is 14.8 Å². The van der Waals surface area contributed by atoms with Gasteiger partial charge in [0.1, 0.15) is 0 Å². The van der Waals surface area contributed by atoms with Gasteiger partial charge in [0.2, 0.25) is 0 Å². The van der Waals surface area contributed by atoms with E-state index in [9.17, 15) is 38.2 Å². The summed E-state index contributed by atoms with van der Waals surface area (Å²) in [6, 6.07) is 5.80. The summed E-state index contributed by atoms with van der Waals surface area (Å²) in [6.45, 7) is 3.12. The van der Waals surface area contributed by atoms with E-state index in [0.717, 1.165) is 30.7 Å². The smallest absolute Gasteiger partial charge is 0.328 e. The molecular weight excluding hydrogens is 524 g/mol. The van der Waals surface area contributed by atoms with Crippen LogP contribution in [0.15, 0.2) is 41.3 Å². The number of hydrogen-bond acceptors (Lipinski definition) is 10.